The summed E-state index contributed by atoms with van der Waals surface area (Å²) in [6.07, 6.45) is 5.24. The number of nitrogens with zero attached hydrogens (tertiary/aromatic N) is 9. The lowest BCUT2D eigenvalue weighted by Crippen LogP contribution is -2.65. The number of amides is 12. The number of alkyl halides is 3. The number of likely N-dealkylation sites (N-methyl/N-ethyl adjacent to an activating group) is 7. The number of benzene rings is 1. The molecule has 24 nitrogen and oxygen atoms in total. The van der Waals surface area contributed by atoms with E-state index < -0.39 is 173 Å². The molecule has 3 saturated carbocycles. The summed E-state index contributed by atoms with van der Waals surface area (Å²) >= 11 is 6.15. The average molecular weight is 1410 g/mol. The highest BCUT2D eigenvalue weighted by atomic mass is 35.5. The van der Waals surface area contributed by atoms with Crippen molar-refractivity contribution < 1.29 is 70.7 Å². The number of carbonyl (C=O) groups excluding carboxylic acids is 12. The van der Waals surface area contributed by atoms with E-state index in [0.717, 1.165) is 71.8 Å². The summed E-state index contributed by atoms with van der Waals surface area (Å²) in [5.41, 5.74) is -2.34. The maximum atomic E-state index is 15.8. The van der Waals surface area contributed by atoms with Gasteiger partial charge in [0.1, 0.15) is 47.8 Å². The fraction of sp³-hybridized carbons (Fsp3) is 0.746. The standard InChI is InChI=1S/C71H108ClF3N12O12/c1-12-45(4)60-67(97)81(7)42-58(90)79(5)43-59(91)83(9)54(39-46-23-21-24-46)65(95)80(6)41-56(88)76-51(31-29-47-28-30-49(50(72)38-47)71(73,74)75)64(94)87-36-22-27-52(87)63(93)78-70(32-17-18-33-70)69(99)85(11)61(48-25-15-13-16-26-48)68(98)84(10)55(66(96)86-34-19-14-20-35-86)40-57(89)82(8)53(37-44(2)3)62(92)77-60/h28,30,38,44-46,48,51-55,60-61H,12-27,29,31-37,39-43H2,1-11H3,(H,76,88)(H,77,92)(H,78,93)/t45-,51-,52?,53-,54-,55-,60-,61-/m0/s1. The summed E-state index contributed by atoms with van der Waals surface area (Å²) in [6.45, 7) is 6.46. The third kappa shape index (κ3) is 19.7. The molecule has 6 aliphatic rings. The van der Waals surface area contributed by atoms with Crippen LogP contribution < -0.4 is 16.0 Å². The van der Waals surface area contributed by atoms with E-state index >= 15 is 28.8 Å². The van der Waals surface area contributed by atoms with E-state index in [1.165, 1.54) is 79.9 Å². The minimum absolute atomic E-state index is 0.0396. The Hall–Kier alpha value is -7.06. The third-order valence-electron chi connectivity index (χ3n) is 21.9. The first-order chi connectivity index (χ1) is 46.7. The second-order valence-corrected chi connectivity index (χ2v) is 29.9. The van der Waals surface area contributed by atoms with Crippen molar-refractivity contribution in [3.63, 3.8) is 0 Å². The Labute approximate surface area is 586 Å². The Kier molecular flexibility index (Phi) is 28.0. The van der Waals surface area contributed by atoms with Crippen LogP contribution >= 0.6 is 11.6 Å². The Morgan fingerprint density at radius 1 is 0.626 bits per heavy atom. The highest BCUT2D eigenvalue weighted by Crippen LogP contribution is 2.39. The number of carbonyl (C=O) groups is 12. The molecule has 1 spiro atoms. The molecule has 7 rings (SSSR count). The summed E-state index contributed by atoms with van der Waals surface area (Å²) in [5.74, 6) is -8.67. The molecule has 12 amide bonds. The molecule has 552 valence electrons. The summed E-state index contributed by atoms with van der Waals surface area (Å²) in [7, 11) is 9.98. The normalized spacial score (nSPS) is 26.8. The van der Waals surface area contributed by atoms with Crippen molar-refractivity contribution in [1.29, 1.82) is 0 Å². The van der Waals surface area contributed by atoms with Crippen molar-refractivity contribution >= 4 is 82.5 Å². The fourth-order valence-corrected chi connectivity index (χ4v) is 15.5. The lowest BCUT2D eigenvalue weighted by molar-refractivity contribution is -0.157. The number of hydrogen-bond acceptors (Lipinski definition) is 12. The largest absolute Gasteiger partial charge is 0.417 e. The van der Waals surface area contributed by atoms with Gasteiger partial charge >= 0.3 is 6.18 Å². The van der Waals surface area contributed by atoms with E-state index in [1.807, 2.05) is 20.8 Å². The molecule has 6 fully saturated rings. The SMILES string of the molecule is CC[C@H](C)[C@@H]1NC(=O)[C@H](CC(C)C)N(C)C(=O)C[C@@H](C(=O)N2CCCCC2)N(C)C(=O)[C@H](C2CCCCC2)N(C)C(=O)C2(CCCC2)NC(=O)C2CCCN2C(=O)[C@H](CCc2ccc(C(F)(F)F)c(Cl)c2)NC(=O)CN(C)C(=O)[C@H](CC2CCC2)N(C)C(=O)CN(C)C(=O)CN(C)C1=O. The zero-order valence-corrected chi connectivity index (χ0v) is 60.8. The predicted molar refractivity (Wildman–Crippen MR) is 364 cm³/mol. The minimum Gasteiger partial charge on any atom is -0.343 e. The van der Waals surface area contributed by atoms with Gasteiger partial charge < -0.3 is 60.0 Å². The summed E-state index contributed by atoms with van der Waals surface area (Å²) in [6, 6.07) is -5.50. The first-order valence-electron chi connectivity index (χ1n) is 35.9. The Morgan fingerprint density at radius 2 is 1.24 bits per heavy atom. The second-order valence-electron chi connectivity index (χ2n) is 29.5. The highest BCUT2D eigenvalue weighted by Gasteiger charge is 2.51. The van der Waals surface area contributed by atoms with Gasteiger partial charge in [-0.05, 0) is 125 Å². The Morgan fingerprint density at radius 3 is 1.84 bits per heavy atom. The number of aryl methyl sites for hydroxylation is 1. The quantitative estimate of drug-likeness (QED) is 0.243. The molecule has 99 heavy (non-hydrogen) atoms. The number of fused-ring (bicyclic) bond motifs is 1. The van der Waals surface area contributed by atoms with Gasteiger partial charge in [-0.1, -0.05) is 103 Å². The van der Waals surface area contributed by atoms with Crippen LogP contribution in [-0.4, -0.2) is 251 Å². The third-order valence-corrected chi connectivity index (χ3v) is 22.2. The first kappa shape index (κ1) is 79.3. The van der Waals surface area contributed by atoms with Gasteiger partial charge in [0.25, 0.3) is 0 Å². The molecule has 3 N–H and O–H groups in total. The molecule has 3 saturated heterocycles. The molecule has 8 atom stereocenters. The van der Waals surface area contributed by atoms with Gasteiger partial charge in [-0.15, -0.1) is 0 Å². The van der Waals surface area contributed by atoms with E-state index in [2.05, 4.69) is 16.0 Å². The molecular formula is C71H108ClF3N12O12. The molecular weight excluding hydrogens is 1310 g/mol. The zero-order valence-electron chi connectivity index (χ0n) is 60.0. The first-order valence-corrected chi connectivity index (χ1v) is 36.2. The Bertz CT molecular complexity index is 3100. The lowest BCUT2D eigenvalue weighted by Gasteiger charge is -2.43. The van der Waals surface area contributed by atoms with Crippen molar-refractivity contribution in [3.8, 4) is 0 Å². The van der Waals surface area contributed by atoms with E-state index in [0.29, 0.717) is 70.0 Å². The van der Waals surface area contributed by atoms with Gasteiger partial charge in [0.2, 0.25) is 70.9 Å². The molecule has 3 aliphatic heterocycles. The van der Waals surface area contributed by atoms with Crippen LogP contribution in [0.5, 0.6) is 0 Å². The van der Waals surface area contributed by atoms with Crippen LogP contribution in [0, 0.1) is 23.7 Å². The predicted octanol–water partition coefficient (Wildman–Crippen LogP) is 5.64. The molecule has 28 heteroatoms. The fourth-order valence-electron chi connectivity index (χ4n) is 15.2. The zero-order chi connectivity index (χ0) is 73.0. The average Bonchev–Trinajstić information content (AvgIpc) is 1.76. The van der Waals surface area contributed by atoms with E-state index in [9.17, 15) is 41.9 Å². The molecule has 3 heterocycles. The number of likely N-dealkylation sites (tertiary alicyclic amines) is 1. The van der Waals surface area contributed by atoms with Gasteiger partial charge in [0.15, 0.2) is 0 Å². The van der Waals surface area contributed by atoms with Gasteiger partial charge in [-0.3, -0.25) is 57.5 Å². The number of rotatable bonds is 11. The molecule has 3 aliphatic carbocycles. The monoisotopic (exact) mass is 1410 g/mol. The molecule has 0 bridgehead atoms. The number of nitrogens with one attached hydrogen (secondary N) is 3. The number of piperidine rings is 1. The minimum atomic E-state index is -4.76. The summed E-state index contributed by atoms with van der Waals surface area (Å²) in [4.78, 5) is 190. The number of halogens is 4. The molecule has 0 radical (unpaired) electrons. The maximum Gasteiger partial charge on any atom is 0.417 e. The smallest absolute Gasteiger partial charge is 0.343 e. The highest BCUT2D eigenvalue weighted by molar-refractivity contribution is 6.31. The van der Waals surface area contributed by atoms with Crippen LogP contribution in [0.2, 0.25) is 5.02 Å². The van der Waals surface area contributed by atoms with Gasteiger partial charge in [-0.25, -0.2) is 0 Å². The summed E-state index contributed by atoms with van der Waals surface area (Å²) in [5, 5.41) is 8.16. The van der Waals surface area contributed by atoms with Crippen molar-refractivity contribution in [2.45, 2.75) is 229 Å². The Balaban J connectivity index is 1.28. The van der Waals surface area contributed by atoms with Crippen LogP contribution in [0.3, 0.4) is 0 Å². The van der Waals surface area contributed by atoms with Crippen LogP contribution in [0.4, 0.5) is 13.2 Å². The van der Waals surface area contributed by atoms with Crippen molar-refractivity contribution in [2.75, 3.05) is 88.6 Å². The summed E-state index contributed by atoms with van der Waals surface area (Å²) < 4.78 is 41.6. The van der Waals surface area contributed by atoms with Gasteiger partial charge in [-0.2, -0.15) is 13.2 Å². The molecule has 0 aromatic heterocycles. The van der Waals surface area contributed by atoms with Crippen molar-refractivity contribution in [1.82, 2.24) is 60.0 Å². The van der Waals surface area contributed by atoms with Gasteiger partial charge in [0, 0.05) is 69.0 Å². The molecule has 1 aromatic carbocycles. The van der Waals surface area contributed by atoms with Gasteiger partial charge in [0.05, 0.1) is 36.6 Å². The van der Waals surface area contributed by atoms with Crippen molar-refractivity contribution in [2.24, 2.45) is 23.7 Å². The van der Waals surface area contributed by atoms with E-state index in [-0.39, 0.29) is 63.3 Å². The van der Waals surface area contributed by atoms with E-state index in [1.54, 1.807) is 11.8 Å². The molecule has 1 unspecified atom stereocenters. The molecule has 1 aromatic rings. The van der Waals surface area contributed by atoms with Crippen LogP contribution in [-0.2, 0) is 70.1 Å². The topological polar surface area (TPSA) is 270 Å². The lowest BCUT2D eigenvalue weighted by atomic mass is 9.80. The maximum absolute atomic E-state index is 15.8. The van der Waals surface area contributed by atoms with Crippen molar-refractivity contribution in [3.05, 3.63) is 34.3 Å². The number of hydrogen-bond donors (Lipinski definition) is 3. The van der Waals surface area contributed by atoms with Crippen LogP contribution in [0.1, 0.15) is 180 Å². The van der Waals surface area contributed by atoms with Crippen LogP contribution in [0.15, 0.2) is 18.2 Å². The van der Waals surface area contributed by atoms with Crippen LogP contribution in [0.25, 0.3) is 0 Å². The second kappa shape index (κ2) is 35.0. The van der Waals surface area contributed by atoms with E-state index in [4.69, 9.17) is 11.6 Å².